The summed E-state index contributed by atoms with van der Waals surface area (Å²) in [6, 6.07) is 15.1. The van der Waals surface area contributed by atoms with E-state index in [1.165, 1.54) is 24.0 Å². The molecule has 0 aliphatic rings. The number of pyridine rings is 1. The van der Waals surface area contributed by atoms with E-state index >= 15 is 0 Å². The van der Waals surface area contributed by atoms with Gasteiger partial charge < -0.3 is 0 Å². The van der Waals surface area contributed by atoms with Crippen LogP contribution in [-0.2, 0) is 0 Å². The molecule has 1 aromatic heterocycles. The number of rotatable bonds is 5. The summed E-state index contributed by atoms with van der Waals surface area (Å²) in [6.07, 6.45) is 6.16. The molecule has 1 heterocycles. The van der Waals surface area contributed by atoms with E-state index in [0.29, 0.717) is 11.8 Å². The van der Waals surface area contributed by atoms with Crippen LogP contribution in [-0.4, -0.2) is 4.98 Å². The molecule has 0 saturated heterocycles. The molecule has 1 heteroatoms. The molecule has 2 rings (SSSR count). The van der Waals surface area contributed by atoms with Crippen LogP contribution in [0.15, 0.2) is 54.9 Å². The van der Waals surface area contributed by atoms with Crippen LogP contribution in [0.1, 0.15) is 49.7 Å². The first kappa shape index (κ1) is 12.8. The van der Waals surface area contributed by atoms with Gasteiger partial charge in [-0.25, -0.2) is 0 Å². The van der Waals surface area contributed by atoms with E-state index in [9.17, 15) is 0 Å². The third-order valence-corrected chi connectivity index (χ3v) is 3.68. The molecule has 0 amide bonds. The van der Waals surface area contributed by atoms with E-state index in [4.69, 9.17) is 0 Å². The van der Waals surface area contributed by atoms with Gasteiger partial charge in [-0.2, -0.15) is 0 Å². The van der Waals surface area contributed by atoms with Gasteiger partial charge >= 0.3 is 0 Å². The Morgan fingerprint density at radius 3 is 2.22 bits per heavy atom. The van der Waals surface area contributed by atoms with Crippen molar-refractivity contribution in [3.8, 4) is 0 Å². The Morgan fingerprint density at radius 2 is 1.61 bits per heavy atom. The molecule has 0 N–H and O–H groups in total. The fourth-order valence-electron chi connectivity index (χ4n) is 2.52. The summed E-state index contributed by atoms with van der Waals surface area (Å²) in [5, 5.41) is 0. The summed E-state index contributed by atoms with van der Waals surface area (Å²) in [4.78, 5) is 4.09. The lowest BCUT2D eigenvalue weighted by molar-refractivity contribution is 0.544. The molecule has 2 aromatic rings. The Bertz CT molecular complexity index is 450. The predicted octanol–water partition coefficient (Wildman–Crippen LogP) is 4.77. The van der Waals surface area contributed by atoms with Gasteiger partial charge in [0.05, 0.1) is 0 Å². The average molecular weight is 239 g/mol. The SMILES string of the molecule is CCC(CC(C)c1ccncc1)c1ccccc1. The lowest BCUT2D eigenvalue weighted by Crippen LogP contribution is -2.03. The molecule has 18 heavy (non-hydrogen) atoms. The quantitative estimate of drug-likeness (QED) is 0.732. The number of benzene rings is 1. The molecule has 94 valence electrons. The Balaban J connectivity index is 2.07. The Hall–Kier alpha value is -1.63. The van der Waals surface area contributed by atoms with Gasteiger partial charge in [-0.3, -0.25) is 4.98 Å². The smallest absolute Gasteiger partial charge is 0.0270 e. The van der Waals surface area contributed by atoms with Crippen LogP contribution >= 0.6 is 0 Å². The highest BCUT2D eigenvalue weighted by atomic mass is 14.6. The van der Waals surface area contributed by atoms with Gasteiger partial charge in [-0.05, 0) is 47.9 Å². The van der Waals surface area contributed by atoms with E-state index in [2.05, 4.69) is 61.3 Å². The first-order valence-corrected chi connectivity index (χ1v) is 6.76. The maximum atomic E-state index is 4.09. The van der Waals surface area contributed by atoms with Crippen LogP contribution in [0.25, 0.3) is 0 Å². The van der Waals surface area contributed by atoms with Gasteiger partial charge in [0, 0.05) is 12.4 Å². The van der Waals surface area contributed by atoms with E-state index in [1.807, 2.05) is 12.4 Å². The van der Waals surface area contributed by atoms with Crippen molar-refractivity contribution in [3.05, 3.63) is 66.0 Å². The largest absolute Gasteiger partial charge is 0.265 e. The van der Waals surface area contributed by atoms with E-state index in [-0.39, 0.29) is 0 Å². The van der Waals surface area contributed by atoms with Gasteiger partial charge in [0.2, 0.25) is 0 Å². The molecule has 1 nitrogen and oxygen atoms in total. The average Bonchev–Trinajstić information content (AvgIpc) is 2.46. The number of hydrogen-bond donors (Lipinski definition) is 0. The minimum absolute atomic E-state index is 0.582. The van der Waals surface area contributed by atoms with E-state index in [0.717, 1.165) is 0 Å². The predicted molar refractivity (Wildman–Crippen MR) is 76.7 cm³/mol. The molecule has 1 aromatic carbocycles. The van der Waals surface area contributed by atoms with Crippen molar-refractivity contribution in [1.29, 1.82) is 0 Å². The molecule has 2 unspecified atom stereocenters. The van der Waals surface area contributed by atoms with Crippen molar-refractivity contribution in [2.24, 2.45) is 0 Å². The highest BCUT2D eigenvalue weighted by Gasteiger charge is 2.14. The number of aromatic nitrogens is 1. The highest BCUT2D eigenvalue weighted by molar-refractivity contribution is 5.22. The molecule has 0 fully saturated rings. The monoisotopic (exact) mass is 239 g/mol. The van der Waals surface area contributed by atoms with Gasteiger partial charge in [-0.15, -0.1) is 0 Å². The second-order valence-corrected chi connectivity index (χ2v) is 4.93. The van der Waals surface area contributed by atoms with Crippen molar-refractivity contribution in [2.45, 2.75) is 38.5 Å². The summed E-state index contributed by atoms with van der Waals surface area (Å²) in [6.45, 7) is 4.58. The second kappa shape index (κ2) is 6.34. The Labute approximate surface area is 110 Å². The summed E-state index contributed by atoms with van der Waals surface area (Å²) in [5.74, 6) is 1.23. The minimum Gasteiger partial charge on any atom is -0.265 e. The first-order chi connectivity index (χ1) is 8.81. The summed E-state index contributed by atoms with van der Waals surface area (Å²) < 4.78 is 0. The van der Waals surface area contributed by atoms with Gasteiger partial charge in [0.25, 0.3) is 0 Å². The van der Waals surface area contributed by atoms with Crippen LogP contribution in [0, 0.1) is 0 Å². The van der Waals surface area contributed by atoms with Crippen LogP contribution in [0.5, 0.6) is 0 Å². The fraction of sp³-hybridized carbons (Fsp3) is 0.353. The zero-order valence-electron chi connectivity index (χ0n) is 11.2. The van der Waals surface area contributed by atoms with Gasteiger partial charge in [-0.1, -0.05) is 44.2 Å². The topological polar surface area (TPSA) is 12.9 Å². The molecular weight excluding hydrogens is 218 g/mol. The van der Waals surface area contributed by atoms with Crippen LogP contribution in [0.2, 0.25) is 0 Å². The number of hydrogen-bond acceptors (Lipinski definition) is 1. The molecule has 0 radical (unpaired) electrons. The first-order valence-electron chi connectivity index (χ1n) is 6.76. The molecule has 0 aliphatic carbocycles. The summed E-state index contributed by atoms with van der Waals surface area (Å²) >= 11 is 0. The molecule has 0 spiro atoms. The van der Waals surface area contributed by atoms with Gasteiger partial charge in [0.15, 0.2) is 0 Å². The summed E-state index contributed by atoms with van der Waals surface area (Å²) in [5.41, 5.74) is 2.85. The Morgan fingerprint density at radius 1 is 0.944 bits per heavy atom. The molecule has 2 atom stereocenters. The Kier molecular flexibility index (Phi) is 4.52. The maximum absolute atomic E-state index is 4.09. The molecule has 0 saturated carbocycles. The van der Waals surface area contributed by atoms with Crippen molar-refractivity contribution in [1.82, 2.24) is 4.98 Å². The normalized spacial score (nSPS) is 14.1. The van der Waals surface area contributed by atoms with Gasteiger partial charge in [0.1, 0.15) is 0 Å². The third-order valence-electron chi connectivity index (χ3n) is 3.68. The standard InChI is InChI=1S/C17H21N/c1-3-15(17-7-5-4-6-8-17)13-14(2)16-9-11-18-12-10-16/h4-12,14-15H,3,13H2,1-2H3. The zero-order chi connectivity index (χ0) is 12.8. The van der Waals surface area contributed by atoms with E-state index < -0.39 is 0 Å². The lowest BCUT2D eigenvalue weighted by atomic mass is 9.85. The fourth-order valence-corrected chi connectivity index (χ4v) is 2.52. The van der Waals surface area contributed by atoms with E-state index in [1.54, 1.807) is 0 Å². The molecule has 0 aliphatic heterocycles. The highest BCUT2D eigenvalue weighted by Crippen LogP contribution is 2.31. The van der Waals surface area contributed by atoms with Crippen molar-refractivity contribution in [2.75, 3.05) is 0 Å². The zero-order valence-corrected chi connectivity index (χ0v) is 11.2. The molecular formula is C17H21N. The van der Waals surface area contributed by atoms with Crippen molar-refractivity contribution < 1.29 is 0 Å². The third kappa shape index (κ3) is 3.19. The molecule has 0 bridgehead atoms. The lowest BCUT2D eigenvalue weighted by Gasteiger charge is -2.20. The van der Waals surface area contributed by atoms with Crippen molar-refractivity contribution in [3.63, 3.8) is 0 Å². The van der Waals surface area contributed by atoms with Crippen molar-refractivity contribution >= 4 is 0 Å². The minimum atomic E-state index is 0.582. The van der Waals surface area contributed by atoms with Crippen LogP contribution in [0.3, 0.4) is 0 Å². The number of nitrogens with zero attached hydrogens (tertiary/aromatic N) is 1. The second-order valence-electron chi connectivity index (χ2n) is 4.93. The maximum Gasteiger partial charge on any atom is 0.0270 e. The summed E-state index contributed by atoms with van der Waals surface area (Å²) in [7, 11) is 0. The van der Waals surface area contributed by atoms with Crippen LogP contribution in [0.4, 0.5) is 0 Å². The van der Waals surface area contributed by atoms with Crippen LogP contribution < -0.4 is 0 Å².